The summed E-state index contributed by atoms with van der Waals surface area (Å²) in [6, 6.07) is 4.03. The molecule has 0 bridgehead atoms. The van der Waals surface area contributed by atoms with Crippen LogP contribution >= 0.6 is 15.9 Å². The van der Waals surface area contributed by atoms with Gasteiger partial charge in [0.1, 0.15) is 5.75 Å². The standard InChI is InChI=1S/C11H14BrNO/c1-7-4-9(8-2-3-13-6-8)11(14)10(12)5-7/h4-5,8,13-14H,2-3,6H2,1H3. The van der Waals surface area contributed by atoms with Gasteiger partial charge in [-0.25, -0.2) is 0 Å². The lowest BCUT2D eigenvalue weighted by Gasteiger charge is -2.13. The molecule has 3 heteroatoms. The molecule has 0 aromatic heterocycles. The number of benzene rings is 1. The van der Waals surface area contributed by atoms with E-state index in [9.17, 15) is 5.11 Å². The molecule has 0 amide bonds. The van der Waals surface area contributed by atoms with E-state index < -0.39 is 0 Å². The molecule has 2 N–H and O–H groups in total. The Labute approximate surface area is 92.5 Å². The zero-order valence-electron chi connectivity index (χ0n) is 8.18. The fourth-order valence-corrected chi connectivity index (χ4v) is 2.58. The van der Waals surface area contributed by atoms with E-state index >= 15 is 0 Å². The Balaban J connectivity index is 2.40. The van der Waals surface area contributed by atoms with Gasteiger partial charge in [0.05, 0.1) is 4.47 Å². The molecule has 0 spiro atoms. The molecule has 0 saturated carbocycles. The number of phenols is 1. The van der Waals surface area contributed by atoms with Crippen LogP contribution in [0.1, 0.15) is 23.5 Å². The summed E-state index contributed by atoms with van der Waals surface area (Å²) in [7, 11) is 0. The van der Waals surface area contributed by atoms with Crippen molar-refractivity contribution in [1.29, 1.82) is 0 Å². The lowest BCUT2D eigenvalue weighted by molar-refractivity contribution is 0.459. The van der Waals surface area contributed by atoms with Crippen LogP contribution in [0.4, 0.5) is 0 Å². The summed E-state index contributed by atoms with van der Waals surface area (Å²) in [4.78, 5) is 0. The monoisotopic (exact) mass is 255 g/mol. The van der Waals surface area contributed by atoms with Crippen LogP contribution in [0.3, 0.4) is 0 Å². The van der Waals surface area contributed by atoms with E-state index in [2.05, 4.69) is 34.2 Å². The first-order valence-electron chi connectivity index (χ1n) is 4.88. The number of phenolic OH excluding ortho intramolecular Hbond substituents is 1. The molecule has 14 heavy (non-hydrogen) atoms. The zero-order chi connectivity index (χ0) is 10.1. The highest BCUT2D eigenvalue weighted by Gasteiger charge is 2.20. The predicted molar refractivity (Wildman–Crippen MR) is 60.8 cm³/mol. The molecule has 1 aliphatic rings. The van der Waals surface area contributed by atoms with Crippen LogP contribution in [-0.4, -0.2) is 18.2 Å². The predicted octanol–water partition coefficient (Wildman–Crippen LogP) is 2.54. The summed E-state index contributed by atoms with van der Waals surface area (Å²) >= 11 is 3.37. The highest BCUT2D eigenvalue weighted by Crippen LogP contribution is 2.36. The van der Waals surface area contributed by atoms with Crippen LogP contribution in [0.2, 0.25) is 0 Å². The van der Waals surface area contributed by atoms with Gasteiger partial charge in [-0.3, -0.25) is 0 Å². The van der Waals surface area contributed by atoms with E-state index in [1.807, 2.05) is 6.07 Å². The first kappa shape index (κ1) is 9.99. The highest BCUT2D eigenvalue weighted by molar-refractivity contribution is 9.10. The number of halogens is 1. The second kappa shape index (κ2) is 3.91. The Morgan fingerprint density at radius 1 is 1.50 bits per heavy atom. The van der Waals surface area contributed by atoms with Crippen molar-refractivity contribution in [1.82, 2.24) is 5.32 Å². The first-order chi connectivity index (χ1) is 6.68. The Morgan fingerprint density at radius 3 is 2.93 bits per heavy atom. The third-order valence-corrected chi connectivity index (χ3v) is 3.34. The Kier molecular flexibility index (Phi) is 2.79. The molecule has 1 aromatic rings. The molecule has 76 valence electrons. The van der Waals surface area contributed by atoms with Gasteiger partial charge in [0, 0.05) is 12.5 Å². The minimum absolute atomic E-state index is 0.407. The largest absolute Gasteiger partial charge is 0.506 e. The van der Waals surface area contributed by atoms with Crippen molar-refractivity contribution in [3.8, 4) is 5.75 Å². The van der Waals surface area contributed by atoms with Gasteiger partial charge in [-0.15, -0.1) is 0 Å². The Bertz CT molecular complexity index is 345. The molecule has 1 aliphatic heterocycles. The fraction of sp³-hybridized carbons (Fsp3) is 0.455. The van der Waals surface area contributed by atoms with Gasteiger partial charge < -0.3 is 10.4 Å². The molecule has 1 heterocycles. The molecule has 1 aromatic carbocycles. The molecular formula is C11H14BrNO. The van der Waals surface area contributed by atoms with Crippen LogP contribution in [0.25, 0.3) is 0 Å². The van der Waals surface area contributed by atoms with Crippen molar-refractivity contribution in [3.63, 3.8) is 0 Å². The maximum atomic E-state index is 9.91. The quantitative estimate of drug-likeness (QED) is 0.809. The van der Waals surface area contributed by atoms with Gasteiger partial charge >= 0.3 is 0 Å². The number of hydrogen-bond donors (Lipinski definition) is 2. The summed E-state index contributed by atoms with van der Waals surface area (Å²) in [6.45, 7) is 4.08. The van der Waals surface area contributed by atoms with Gasteiger partial charge in [0.15, 0.2) is 0 Å². The number of aromatic hydroxyl groups is 1. The average molecular weight is 256 g/mol. The molecule has 0 aliphatic carbocycles. The minimum atomic E-state index is 0.407. The molecular weight excluding hydrogens is 242 g/mol. The molecule has 1 fully saturated rings. The summed E-state index contributed by atoms with van der Waals surface area (Å²) in [6.07, 6.45) is 1.11. The fourth-order valence-electron chi connectivity index (χ4n) is 1.99. The topological polar surface area (TPSA) is 32.3 Å². The maximum absolute atomic E-state index is 9.91. The molecule has 1 unspecified atom stereocenters. The summed E-state index contributed by atoms with van der Waals surface area (Å²) in [5.41, 5.74) is 2.26. The molecule has 2 rings (SSSR count). The second-order valence-corrected chi connectivity index (χ2v) is 4.73. The van der Waals surface area contributed by atoms with Crippen molar-refractivity contribution in [2.24, 2.45) is 0 Å². The van der Waals surface area contributed by atoms with E-state index in [0.29, 0.717) is 11.7 Å². The van der Waals surface area contributed by atoms with Crippen molar-refractivity contribution < 1.29 is 5.11 Å². The third-order valence-electron chi connectivity index (χ3n) is 2.74. The first-order valence-corrected chi connectivity index (χ1v) is 5.67. The van der Waals surface area contributed by atoms with E-state index in [1.165, 1.54) is 5.56 Å². The van der Waals surface area contributed by atoms with Crippen molar-refractivity contribution >= 4 is 15.9 Å². The number of nitrogens with one attached hydrogen (secondary N) is 1. The SMILES string of the molecule is Cc1cc(Br)c(O)c(C2CCNC2)c1. The van der Waals surface area contributed by atoms with Crippen LogP contribution in [0.15, 0.2) is 16.6 Å². The van der Waals surface area contributed by atoms with Crippen molar-refractivity contribution in [2.75, 3.05) is 13.1 Å². The van der Waals surface area contributed by atoms with E-state index in [1.54, 1.807) is 0 Å². The van der Waals surface area contributed by atoms with Crippen LogP contribution < -0.4 is 5.32 Å². The second-order valence-electron chi connectivity index (χ2n) is 3.87. The Morgan fingerprint density at radius 2 is 2.29 bits per heavy atom. The van der Waals surface area contributed by atoms with Crippen molar-refractivity contribution in [3.05, 3.63) is 27.7 Å². The smallest absolute Gasteiger partial charge is 0.133 e. The lowest BCUT2D eigenvalue weighted by atomic mass is 9.96. The lowest BCUT2D eigenvalue weighted by Crippen LogP contribution is -2.08. The van der Waals surface area contributed by atoms with Gasteiger partial charge in [-0.05, 0) is 53.0 Å². The number of aryl methyl sites for hydroxylation is 1. The van der Waals surface area contributed by atoms with Crippen LogP contribution in [0, 0.1) is 6.92 Å². The van der Waals surface area contributed by atoms with Gasteiger partial charge in [0.25, 0.3) is 0 Å². The average Bonchev–Trinajstić information content (AvgIpc) is 2.63. The Hall–Kier alpha value is -0.540. The zero-order valence-corrected chi connectivity index (χ0v) is 9.76. The number of rotatable bonds is 1. The van der Waals surface area contributed by atoms with Gasteiger partial charge in [-0.1, -0.05) is 6.07 Å². The summed E-state index contributed by atoms with van der Waals surface area (Å²) in [5, 5.41) is 13.2. The maximum Gasteiger partial charge on any atom is 0.133 e. The third kappa shape index (κ3) is 1.79. The minimum Gasteiger partial charge on any atom is -0.506 e. The number of hydrogen-bond acceptors (Lipinski definition) is 2. The molecule has 0 radical (unpaired) electrons. The highest BCUT2D eigenvalue weighted by atomic mass is 79.9. The van der Waals surface area contributed by atoms with Crippen molar-refractivity contribution in [2.45, 2.75) is 19.3 Å². The summed E-state index contributed by atoms with van der Waals surface area (Å²) in [5.74, 6) is 0.871. The van der Waals surface area contributed by atoms with Gasteiger partial charge in [-0.2, -0.15) is 0 Å². The molecule has 2 nitrogen and oxygen atoms in total. The normalized spacial score (nSPS) is 21.4. The van der Waals surface area contributed by atoms with Gasteiger partial charge in [0.2, 0.25) is 0 Å². The van der Waals surface area contributed by atoms with E-state index in [0.717, 1.165) is 29.5 Å². The van der Waals surface area contributed by atoms with E-state index in [4.69, 9.17) is 0 Å². The van der Waals surface area contributed by atoms with E-state index in [-0.39, 0.29) is 0 Å². The van der Waals surface area contributed by atoms with Crippen LogP contribution in [0.5, 0.6) is 5.75 Å². The molecule has 1 atom stereocenters. The molecule has 1 saturated heterocycles. The summed E-state index contributed by atoms with van der Waals surface area (Å²) < 4.78 is 0.805. The van der Waals surface area contributed by atoms with Crippen LogP contribution in [-0.2, 0) is 0 Å².